The molecule has 7 nitrogen and oxygen atoms in total. The summed E-state index contributed by atoms with van der Waals surface area (Å²) in [7, 11) is 0. The minimum atomic E-state index is -4.44. The molecule has 2 N–H and O–H groups in total. The highest BCUT2D eigenvalue weighted by Crippen LogP contribution is 2.30. The predicted octanol–water partition coefficient (Wildman–Crippen LogP) is 2.16. The molecule has 1 atom stereocenters. The maximum atomic E-state index is 13.0. The third kappa shape index (κ3) is 6.49. The molecule has 1 aromatic carbocycles. The van der Waals surface area contributed by atoms with Gasteiger partial charge in [-0.2, -0.15) is 13.2 Å². The summed E-state index contributed by atoms with van der Waals surface area (Å²) in [5, 5.41) is 5.50. The van der Waals surface area contributed by atoms with E-state index in [0.29, 0.717) is 37.4 Å². The molecule has 0 saturated carbocycles. The van der Waals surface area contributed by atoms with Crippen molar-refractivity contribution >= 4 is 11.8 Å². The van der Waals surface area contributed by atoms with Crippen LogP contribution in [0.4, 0.5) is 13.2 Å². The van der Waals surface area contributed by atoms with Crippen molar-refractivity contribution in [3.63, 3.8) is 0 Å². The van der Waals surface area contributed by atoms with Crippen LogP contribution in [0.2, 0.25) is 0 Å². The second-order valence-electron chi connectivity index (χ2n) is 7.85. The lowest BCUT2D eigenvalue weighted by molar-refractivity contribution is -0.137. The fourth-order valence-electron chi connectivity index (χ4n) is 3.73. The van der Waals surface area contributed by atoms with E-state index in [1.165, 1.54) is 6.07 Å². The van der Waals surface area contributed by atoms with E-state index in [2.05, 4.69) is 20.6 Å². The normalized spacial score (nSPS) is 17.2. The molecule has 1 aliphatic rings. The summed E-state index contributed by atoms with van der Waals surface area (Å²) < 4.78 is 39.0. The average Bonchev–Trinajstić information content (AvgIpc) is 2.69. The van der Waals surface area contributed by atoms with Gasteiger partial charge in [0.25, 0.3) is 0 Å². The number of aromatic nitrogens is 2. The summed E-state index contributed by atoms with van der Waals surface area (Å²) in [4.78, 5) is 35.2. The van der Waals surface area contributed by atoms with Crippen molar-refractivity contribution in [1.82, 2.24) is 25.5 Å². The quantitative estimate of drug-likeness (QED) is 0.677. The minimum absolute atomic E-state index is 0.0848. The van der Waals surface area contributed by atoms with Gasteiger partial charge < -0.3 is 10.6 Å². The Morgan fingerprint density at radius 2 is 1.94 bits per heavy atom. The number of hydrogen-bond donors (Lipinski definition) is 2. The number of hydrogen-bond acceptors (Lipinski definition) is 5. The topological polar surface area (TPSA) is 87.2 Å². The lowest BCUT2D eigenvalue weighted by Gasteiger charge is -2.34. The Balaban J connectivity index is 1.59. The van der Waals surface area contributed by atoms with Crippen molar-refractivity contribution in [2.45, 2.75) is 45.5 Å². The van der Waals surface area contributed by atoms with E-state index in [4.69, 9.17) is 0 Å². The number of halogens is 3. The third-order valence-electron chi connectivity index (χ3n) is 5.16. The molecule has 0 radical (unpaired) electrons. The van der Waals surface area contributed by atoms with Crippen molar-refractivity contribution in [1.29, 1.82) is 0 Å². The molecule has 172 valence electrons. The molecule has 1 saturated heterocycles. The first kappa shape index (κ1) is 23.6. The number of nitrogens with one attached hydrogen (secondary N) is 2. The van der Waals surface area contributed by atoms with Gasteiger partial charge in [-0.05, 0) is 31.5 Å². The van der Waals surface area contributed by atoms with Gasteiger partial charge in [0.15, 0.2) is 0 Å². The largest absolute Gasteiger partial charge is 0.416 e. The molecule has 1 aromatic heterocycles. The van der Waals surface area contributed by atoms with Crippen LogP contribution in [0.5, 0.6) is 0 Å². The summed E-state index contributed by atoms with van der Waals surface area (Å²) >= 11 is 0. The number of amides is 2. The number of benzene rings is 1. The lowest BCUT2D eigenvalue weighted by atomic mass is 10.0. The highest BCUT2D eigenvalue weighted by atomic mass is 19.4. The predicted molar refractivity (Wildman–Crippen MR) is 111 cm³/mol. The molecule has 2 heterocycles. The Morgan fingerprint density at radius 3 is 2.62 bits per heavy atom. The van der Waals surface area contributed by atoms with Gasteiger partial charge >= 0.3 is 6.18 Å². The van der Waals surface area contributed by atoms with Crippen LogP contribution in [0.25, 0.3) is 0 Å². The van der Waals surface area contributed by atoms with Gasteiger partial charge in [-0.1, -0.05) is 18.2 Å². The van der Waals surface area contributed by atoms with Gasteiger partial charge in [0, 0.05) is 44.0 Å². The molecule has 1 unspecified atom stereocenters. The highest BCUT2D eigenvalue weighted by molar-refractivity contribution is 5.88. The van der Waals surface area contributed by atoms with Crippen molar-refractivity contribution in [3.05, 3.63) is 58.7 Å². The van der Waals surface area contributed by atoms with E-state index >= 15 is 0 Å². The van der Waals surface area contributed by atoms with Crippen LogP contribution in [0, 0.1) is 13.8 Å². The number of carbonyl (C=O) groups is 2. The summed E-state index contributed by atoms with van der Waals surface area (Å²) in [6.07, 6.45) is -4.06. The lowest BCUT2D eigenvalue weighted by Crippen LogP contribution is -2.56. The van der Waals surface area contributed by atoms with E-state index in [1.807, 2.05) is 19.9 Å². The van der Waals surface area contributed by atoms with Crippen molar-refractivity contribution in [2.24, 2.45) is 0 Å². The van der Waals surface area contributed by atoms with Gasteiger partial charge in [-0.15, -0.1) is 0 Å². The fraction of sp³-hybridized carbons (Fsp3) is 0.455. The Bertz CT molecular complexity index is 960. The number of aryl methyl sites for hydroxylation is 2. The van der Waals surface area contributed by atoms with Crippen LogP contribution < -0.4 is 10.6 Å². The van der Waals surface area contributed by atoms with Gasteiger partial charge in [0.1, 0.15) is 5.82 Å². The van der Waals surface area contributed by atoms with Crippen molar-refractivity contribution in [3.8, 4) is 0 Å². The highest BCUT2D eigenvalue weighted by Gasteiger charge is 2.33. The molecule has 10 heteroatoms. The minimum Gasteiger partial charge on any atom is -0.356 e. The molecule has 1 fully saturated rings. The molecular weight excluding hydrogens is 423 g/mol. The molecule has 0 bridgehead atoms. The zero-order valence-corrected chi connectivity index (χ0v) is 18.0. The molecule has 3 rings (SSSR count). The zero-order valence-electron chi connectivity index (χ0n) is 18.0. The SMILES string of the molecule is Cc1cc(C)nc(CCNC(=O)CC2C(=O)NCCN2Cc2cccc(C(F)(F)F)c2)n1. The van der Waals surface area contributed by atoms with Gasteiger partial charge in [0.2, 0.25) is 11.8 Å². The molecule has 32 heavy (non-hydrogen) atoms. The van der Waals surface area contributed by atoms with E-state index < -0.39 is 17.8 Å². The first-order valence-electron chi connectivity index (χ1n) is 10.4. The molecular formula is C22H26F3N5O2. The zero-order chi connectivity index (χ0) is 23.3. The van der Waals surface area contributed by atoms with Gasteiger partial charge in [0.05, 0.1) is 18.0 Å². The maximum absolute atomic E-state index is 13.0. The number of piperazine rings is 1. The molecule has 1 aliphatic heterocycles. The van der Waals surface area contributed by atoms with Crippen LogP contribution in [0.15, 0.2) is 30.3 Å². The summed E-state index contributed by atoms with van der Waals surface area (Å²) in [6, 6.07) is 6.13. The monoisotopic (exact) mass is 449 g/mol. The van der Waals surface area contributed by atoms with Crippen LogP contribution in [0.3, 0.4) is 0 Å². The smallest absolute Gasteiger partial charge is 0.356 e. The van der Waals surface area contributed by atoms with Crippen LogP contribution in [0.1, 0.15) is 34.8 Å². The second kappa shape index (κ2) is 10.1. The standard InChI is InChI=1S/C22H26F3N5O2/c1-14-10-15(2)29-19(28-14)6-7-26-20(31)12-18-21(32)27-8-9-30(18)13-16-4-3-5-17(11-16)22(23,24)25/h3-5,10-11,18H,6-9,12-13H2,1-2H3,(H,26,31)(H,27,32). The van der Waals surface area contributed by atoms with Crippen LogP contribution in [-0.4, -0.2) is 52.4 Å². The summed E-state index contributed by atoms with van der Waals surface area (Å²) in [5.41, 5.74) is 1.40. The first-order valence-corrected chi connectivity index (χ1v) is 10.4. The van der Waals surface area contributed by atoms with Crippen molar-refractivity contribution < 1.29 is 22.8 Å². The number of alkyl halides is 3. The second-order valence-corrected chi connectivity index (χ2v) is 7.85. The third-order valence-corrected chi connectivity index (χ3v) is 5.16. The van der Waals surface area contributed by atoms with Gasteiger partial charge in [-0.25, -0.2) is 9.97 Å². The Morgan fingerprint density at radius 1 is 1.22 bits per heavy atom. The average molecular weight is 449 g/mol. The molecule has 0 spiro atoms. The van der Waals surface area contributed by atoms with E-state index in [0.717, 1.165) is 23.5 Å². The Hall–Kier alpha value is -3.01. The molecule has 0 aliphatic carbocycles. The Kier molecular flexibility index (Phi) is 7.44. The van der Waals surface area contributed by atoms with E-state index in [1.54, 1.807) is 11.0 Å². The van der Waals surface area contributed by atoms with E-state index in [9.17, 15) is 22.8 Å². The van der Waals surface area contributed by atoms with Crippen LogP contribution in [-0.2, 0) is 28.7 Å². The molecule has 2 aromatic rings. The number of nitrogens with zero attached hydrogens (tertiary/aromatic N) is 3. The number of rotatable bonds is 7. The molecule has 2 amide bonds. The first-order chi connectivity index (χ1) is 15.1. The summed E-state index contributed by atoms with van der Waals surface area (Å²) in [5.74, 6) is 0.00543. The van der Waals surface area contributed by atoms with Crippen LogP contribution >= 0.6 is 0 Å². The maximum Gasteiger partial charge on any atom is 0.416 e. The Labute approximate surface area is 184 Å². The van der Waals surface area contributed by atoms with E-state index in [-0.39, 0.29) is 24.8 Å². The fourth-order valence-corrected chi connectivity index (χ4v) is 3.73. The van der Waals surface area contributed by atoms with Crippen molar-refractivity contribution in [2.75, 3.05) is 19.6 Å². The number of carbonyl (C=O) groups excluding carboxylic acids is 2. The van der Waals surface area contributed by atoms with Gasteiger partial charge in [-0.3, -0.25) is 14.5 Å². The summed E-state index contributed by atoms with van der Waals surface area (Å²) in [6.45, 7) is 5.03.